The molecule has 4 aliphatic carbocycles. The van der Waals surface area contributed by atoms with Crippen molar-refractivity contribution in [3.63, 3.8) is 0 Å². The molecule has 89 heavy (non-hydrogen) atoms. The first-order valence-electron chi connectivity index (χ1n) is 30.5. The molecule has 6 aliphatic rings. The smallest absolute Gasteiger partial charge is 0.341 e. The second-order valence-electron chi connectivity index (χ2n) is 24.8. The maximum absolute atomic E-state index is 13.3. The molecular weight excluding hydrogens is 1170 g/mol. The van der Waals surface area contributed by atoms with Crippen molar-refractivity contribution < 1.29 is 121 Å². The van der Waals surface area contributed by atoms with E-state index in [0.29, 0.717) is 18.4 Å². The van der Waals surface area contributed by atoms with Crippen molar-refractivity contribution in [3.05, 3.63) is 45.6 Å². The minimum absolute atomic E-state index is 0.0767. The van der Waals surface area contributed by atoms with E-state index < -0.39 is 167 Å². The zero-order valence-electron chi connectivity index (χ0n) is 54.3. The number of ether oxygens (including phenoxy) is 9. The Morgan fingerprint density at radius 2 is 0.876 bits per heavy atom. The molecule has 0 aromatic rings. The number of esters is 9. The number of carbonyl (C=O) groups excluding carboxylic acids is 9. The molecule has 0 unspecified atom stereocenters. The van der Waals surface area contributed by atoms with Gasteiger partial charge < -0.3 is 73.3 Å². The molecule has 0 aromatic heterocycles. The van der Waals surface area contributed by atoms with Crippen LogP contribution in [0.25, 0.3) is 0 Å². The minimum Gasteiger partial charge on any atom is -0.481 e. The summed E-state index contributed by atoms with van der Waals surface area (Å²) in [6, 6.07) is 0. The van der Waals surface area contributed by atoms with Gasteiger partial charge in [0.05, 0.1) is 17.9 Å². The van der Waals surface area contributed by atoms with Gasteiger partial charge in [0.15, 0.2) is 59.0 Å². The second-order valence-corrected chi connectivity index (χ2v) is 24.8. The second kappa shape index (κ2) is 30.1. The van der Waals surface area contributed by atoms with E-state index in [9.17, 15) is 68.7 Å². The fourth-order valence-corrected chi connectivity index (χ4v) is 13.1. The molecule has 2 aliphatic heterocycles. The number of aliphatic hydroxyl groups is 5. The van der Waals surface area contributed by atoms with Crippen molar-refractivity contribution in [3.8, 4) is 0 Å². The number of fused-ring (bicyclic) bond motifs is 6. The number of aliphatic hydroxyl groups excluding tert-OH is 1. The topological polar surface area (TPSA) is 375 Å². The van der Waals surface area contributed by atoms with Crippen molar-refractivity contribution in [1.29, 1.82) is 0 Å². The highest BCUT2D eigenvalue weighted by Gasteiger charge is 2.77. The van der Waals surface area contributed by atoms with E-state index >= 15 is 0 Å². The summed E-state index contributed by atoms with van der Waals surface area (Å²) in [6.07, 6.45) is -0.314. The van der Waals surface area contributed by atoms with Crippen molar-refractivity contribution >= 4 is 59.7 Å². The number of carboxylic acids is 1. The van der Waals surface area contributed by atoms with Crippen molar-refractivity contribution in [2.75, 3.05) is 0 Å². The highest BCUT2D eigenvalue weighted by Crippen LogP contribution is 2.59. The van der Waals surface area contributed by atoms with Gasteiger partial charge in [0.1, 0.15) is 17.3 Å². The Morgan fingerprint density at radius 1 is 0.528 bits per heavy atom. The number of hydrogen-bond donors (Lipinski definition) is 6. The number of carboxylic acid groups (broad SMARTS) is 1. The predicted molar refractivity (Wildman–Crippen MR) is 313 cm³/mol. The molecule has 6 N–H and O–H groups in total. The summed E-state index contributed by atoms with van der Waals surface area (Å²) in [6.45, 7) is 23.3. The Labute approximate surface area is 519 Å². The van der Waals surface area contributed by atoms with E-state index in [-0.39, 0.29) is 40.7 Å². The van der Waals surface area contributed by atoms with Gasteiger partial charge in [0, 0.05) is 64.5 Å². The molecule has 16 atom stereocenters. The van der Waals surface area contributed by atoms with E-state index in [2.05, 4.69) is 13.8 Å². The zero-order chi connectivity index (χ0) is 67.7. The van der Waals surface area contributed by atoms with Gasteiger partial charge in [-0.2, -0.15) is 0 Å². The number of carbonyl (C=O) groups is 10. The summed E-state index contributed by atoms with van der Waals surface area (Å²) in [4.78, 5) is 124. The summed E-state index contributed by atoms with van der Waals surface area (Å²) in [5.74, 6) is -10.2. The number of hydrogen-bond acceptors (Lipinski definition) is 24. The van der Waals surface area contributed by atoms with E-state index in [1.807, 2.05) is 0 Å². The van der Waals surface area contributed by atoms with Crippen molar-refractivity contribution in [2.45, 2.75) is 283 Å². The van der Waals surface area contributed by atoms with Gasteiger partial charge >= 0.3 is 53.7 Å². The van der Waals surface area contributed by atoms with E-state index in [0.717, 1.165) is 86.0 Å². The molecule has 0 aromatic carbocycles. The molecule has 4 fully saturated rings. The SMILES string of the molecule is C/C=C(/C)C(=O)O[C@H]1C(C)=C2[C@H]([C@@H]1OC(=O)CCCCCCC)[C@@](C)(OC(C)=O)C[C@H](O)[C@@]1(O)[C@H]2OC(=O)[C@@]1(C)O.C/C=C(/C)C(=O)O[C@H]1C(C)=C2[C@H]([C@@H]1OC(=O)CCCCCCC)[C@@](C)(OC(C)=O)C[C@H](OC(C)=O)[C@@]1(O)[C@H]2OC(=O)[C@@]1(C)O.CC(=O)O. The maximum Gasteiger partial charge on any atom is 0.341 e. The third-order valence-corrected chi connectivity index (χ3v) is 17.9. The first-order valence-corrected chi connectivity index (χ1v) is 30.5. The van der Waals surface area contributed by atoms with E-state index in [4.69, 9.17) is 52.5 Å². The fourth-order valence-electron chi connectivity index (χ4n) is 13.1. The van der Waals surface area contributed by atoms with Crippen LogP contribution in [0.3, 0.4) is 0 Å². The normalized spacial score (nSPS) is 34.4. The molecule has 500 valence electrons. The molecule has 2 heterocycles. The van der Waals surface area contributed by atoms with Crippen LogP contribution in [0.2, 0.25) is 0 Å². The van der Waals surface area contributed by atoms with Crippen LogP contribution >= 0.6 is 0 Å². The summed E-state index contributed by atoms with van der Waals surface area (Å²) in [5.41, 5.74) is -12.1. The molecule has 0 radical (unpaired) electrons. The number of rotatable bonds is 21. The highest BCUT2D eigenvalue weighted by atomic mass is 16.6. The number of unbranched alkanes of at least 4 members (excludes halogenated alkanes) is 8. The van der Waals surface area contributed by atoms with Gasteiger partial charge in [-0.15, -0.1) is 0 Å². The standard InChI is InChI=1S/C32H46O12.C30H44O11.C2H4O2/c1-9-11-12-13-14-15-22(35)41-26-24-23(18(4)25(26)42-28(36)17(3)10-2)27-32(39,31(8,38)29(37)43-27)21(40-19(5)33)16-30(24,7)44-20(6)34;1-8-10-11-12-13-14-20(33)38-24-22-21(17(4)23(24)39-26(34)16(3)9-2)25-30(37,29(7,36)27(35)40-25)19(32)15-28(22,6)41-18(5)31;1-2(3)4/h10,21,24-27,38-39H,9,11-16H2,1-8H3;9,19,22-25,32,36-37H,8,10-15H2,1-7H3;1H3,(H,3,4)/b17-10-;16-9-;/t21-,24+,25-,26-,27-,30-,31+,32+;19-,22+,23-,24-,25-,28-,29+,30+;/m00./s1. The summed E-state index contributed by atoms with van der Waals surface area (Å²) >= 11 is 0. The molecule has 0 spiro atoms. The Morgan fingerprint density at radius 3 is 1.22 bits per heavy atom. The first-order chi connectivity index (χ1) is 41.2. The number of aliphatic carboxylic acids is 1. The number of allylic oxidation sites excluding steroid dienone is 2. The lowest BCUT2D eigenvalue weighted by atomic mass is 9.75. The van der Waals surface area contributed by atoms with Crippen LogP contribution in [0.5, 0.6) is 0 Å². The quantitative estimate of drug-likeness (QED) is 0.0259. The average Bonchev–Trinajstić information content (AvgIpc) is 1.56. The zero-order valence-corrected chi connectivity index (χ0v) is 54.3. The molecule has 25 nitrogen and oxygen atoms in total. The Hall–Kier alpha value is -6.54. The lowest BCUT2D eigenvalue weighted by molar-refractivity contribution is -0.211. The molecule has 25 heteroatoms. The third-order valence-electron chi connectivity index (χ3n) is 17.9. The molecular formula is C64H94O25. The lowest BCUT2D eigenvalue weighted by Crippen LogP contribution is -2.64. The molecule has 0 amide bonds. The first kappa shape index (κ1) is 74.9. The van der Waals surface area contributed by atoms with E-state index in [1.165, 1.54) is 20.8 Å². The van der Waals surface area contributed by atoms with Gasteiger partial charge in [-0.05, 0) is 104 Å². The molecule has 2 saturated heterocycles. The van der Waals surface area contributed by atoms with Gasteiger partial charge in [-0.1, -0.05) is 77.4 Å². The largest absolute Gasteiger partial charge is 0.481 e. The minimum atomic E-state index is -2.57. The van der Waals surface area contributed by atoms with E-state index in [1.54, 1.807) is 53.7 Å². The molecule has 2 saturated carbocycles. The van der Waals surface area contributed by atoms with Gasteiger partial charge in [-0.25, -0.2) is 19.2 Å². The Balaban J connectivity index is 0.000000359. The van der Waals surface area contributed by atoms with Crippen LogP contribution in [0.4, 0.5) is 0 Å². The van der Waals surface area contributed by atoms with Crippen LogP contribution in [0.1, 0.15) is 201 Å². The van der Waals surface area contributed by atoms with Gasteiger partial charge in [0.25, 0.3) is 5.97 Å². The molecule has 0 bridgehead atoms. The maximum atomic E-state index is 13.3. The highest BCUT2D eigenvalue weighted by molar-refractivity contribution is 5.89. The summed E-state index contributed by atoms with van der Waals surface area (Å²) in [5, 5.41) is 65.1. The van der Waals surface area contributed by atoms with Gasteiger partial charge in [-0.3, -0.25) is 28.8 Å². The lowest BCUT2D eigenvalue weighted by Gasteiger charge is -2.41. The molecule has 6 rings (SSSR count). The van der Waals surface area contributed by atoms with Crippen LogP contribution in [0, 0.1) is 11.8 Å². The van der Waals surface area contributed by atoms with Crippen LogP contribution in [-0.2, 0) is 90.6 Å². The monoisotopic (exact) mass is 1260 g/mol. The van der Waals surface area contributed by atoms with Crippen molar-refractivity contribution in [1.82, 2.24) is 0 Å². The van der Waals surface area contributed by atoms with Crippen LogP contribution < -0.4 is 0 Å². The fraction of sp³-hybridized carbons (Fsp3) is 0.719. The van der Waals surface area contributed by atoms with Crippen molar-refractivity contribution in [2.24, 2.45) is 11.8 Å². The Bertz CT molecular complexity index is 2820. The van der Waals surface area contributed by atoms with Crippen LogP contribution in [0.15, 0.2) is 45.6 Å². The van der Waals surface area contributed by atoms with Gasteiger partial charge in [0.2, 0.25) is 0 Å². The third kappa shape index (κ3) is 15.6. The van der Waals surface area contributed by atoms with Crippen LogP contribution in [-0.4, -0.2) is 173 Å². The predicted octanol–water partition coefficient (Wildman–Crippen LogP) is 5.82. The average molecular weight is 1260 g/mol. The summed E-state index contributed by atoms with van der Waals surface area (Å²) < 4.78 is 51.9. The Kier molecular flexibility index (Phi) is 25.3. The summed E-state index contributed by atoms with van der Waals surface area (Å²) in [7, 11) is 0.